The van der Waals surface area contributed by atoms with Crippen molar-refractivity contribution in [2.75, 3.05) is 14.1 Å². The van der Waals surface area contributed by atoms with Gasteiger partial charge in [0, 0.05) is 26.1 Å². The molecular formula is C14H20N2O2. The van der Waals surface area contributed by atoms with Crippen molar-refractivity contribution in [1.29, 1.82) is 0 Å². The maximum Gasteiger partial charge on any atom is 0.248 e. The molecule has 4 nitrogen and oxygen atoms in total. The first-order valence-corrected chi connectivity index (χ1v) is 6.09. The molecule has 0 saturated heterocycles. The Balaban J connectivity index is 2.38. The Labute approximate surface area is 108 Å². The number of carbonyl (C=O) groups excluding carboxylic acids is 2. The fraction of sp³-hybridized carbons (Fsp3) is 0.429. The third kappa shape index (κ3) is 4.57. The Morgan fingerprint density at radius 2 is 1.94 bits per heavy atom. The molecule has 2 N–H and O–H groups in total. The van der Waals surface area contributed by atoms with E-state index in [4.69, 9.17) is 5.73 Å². The summed E-state index contributed by atoms with van der Waals surface area (Å²) in [6.45, 7) is 0. The fourth-order valence-electron chi connectivity index (χ4n) is 1.71. The largest absolute Gasteiger partial charge is 0.366 e. The molecule has 0 radical (unpaired) electrons. The first-order valence-electron chi connectivity index (χ1n) is 6.09. The number of carbonyl (C=O) groups is 2. The normalized spacial score (nSPS) is 10.1. The summed E-state index contributed by atoms with van der Waals surface area (Å²) >= 11 is 0. The van der Waals surface area contributed by atoms with Gasteiger partial charge < -0.3 is 10.6 Å². The fourth-order valence-corrected chi connectivity index (χ4v) is 1.71. The summed E-state index contributed by atoms with van der Waals surface area (Å²) in [7, 11) is 3.53. The lowest BCUT2D eigenvalue weighted by Crippen LogP contribution is -2.21. The van der Waals surface area contributed by atoms with Crippen LogP contribution in [0.15, 0.2) is 24.3 Å². The quantitative estimate of drug-likeness (QED) is 0.777. The first kappa shape index (κ1) is 14.2. The van der Waals surface area contributed by atoms with Crippen LogP contribution in [0.2, 0.25) is 0 Å². The Bertz CT molecular complexity index is 428. The molecule has 0 aliphatic heterocycles. The third-order valence-corrected chi connectivity index (χ3v) is 2.82. The second-order valence-corrected chi connectivity index (χ2v) is 4.56. The topological polar surface area (TPSA) is 63.4 Å². The first-order chi connectivity index (χ1) is 8.50. The summed E-state index contributed by atoms with van der Waals surface area (Å²) in [6.07, 6.45) is 3.23. The van der Waals surface area contributed by atoms with Gasteiger partial charge in [0.1, 0.15) is 0 Å². The van der Waals surface area contributed by atoms with Crippen LogP contribution in [0.5, 0.6) is 0 Å². The Hall–Kier alpha value is -1.84. The van der Waals surface area contributed by atoms with E-state index in [0.29, 0.717) is 12.0 Å². The molecule has 0 heterocycles. The van der Waals surface area contributed by atoms with Gasteiger partial charge in [-0.2, -0.15) is 0 Å². The predicted octanol–water partition coefficient (Wildman–Crippen LogP) is 1.59. The zero-order valence-corrected chi connectivity index (χ0v) is 11.0. The summed E-state index contributed by atoms with van der Waals surface area (Å²) in [5, 5.41) is 0. The summed E-state index contributed by atoms with van der Waals surface area (Å²) in [4.78, 5) is 24.0. The zero-order chi connectivity index (χ0) is 13.5. The molecule has 0 unspecified atom stereocenters. The third-order valence-electron chi connectivity index (χ3n) is 2.82. The van der Waals surface area contributed by atoms with Gasteiger partial charge in [-0.25, -0.2) is 0 Å². The Kier molecular flexibility index (Phi) is 5.36. The van der Waals surface area contributed by atoms with Crippen molar-refractivity contribution < 1.29 is 9.59 Å². The van der Waals surface area contributed by atoms with Gasteiger partial charge >= 0.3 is 0 Å². The van der Waals surface area contributed by atoms with Gasteiger partial charge in [0.05, 0.1) is 0 Å². The average Bonchev–Trinajstić information content (AvgIpc) is 2.34. The molecule has 0 spiro atoms. The summed E-state index contributed by atoms with van der Waals surface area (Å²) < 4.78 is 0. The van der Waals surface area contributed by atoms with Crippen LogP contribution in [-0.2, 0) is 11.2 Å². The molecule has 98 valence electrons. The molecule has 0 atom stereocenters. The van der Waals surface area contributed by atoms with Crippen LogP contribution in [-0.4, -0.2) is 30.8 Å². The van der Waals surface area contributed by atoms with Crippen LogP contribution in [0.4, 0.5) is 0 Å². The van der Waals surface area contributed by atoms with Gasteiger partial charge in [-0.15, -0.1) is 0 Å². The van der Waals surface area contributed by atoms with Crippen molar-refractivity contribution in [3.05, 3.63) is 35.4 Å². The van der Waals surface area contributed by atoms with Crippen molar-refractivity contribution in [2.24, 2.45) is 5.73 Å². The molecule has 1 aromatic carbocycles. The number of primary amides is 1. The SMILES string of the molecule is CN(C)C(=O)CCCCc1cccc(C(N)=O)c1. The van der Waals surface area contributed by atoms with Crippen LogP contribution in [0.25, 0.3) is 0 Å². The van der Waals surface area contributed by atoms with E-state index < -0.39 is 5.91 Å². The number of hydrogen-bond acceptors (Lipinski definition) is 2. The van der Waals surface area contributed by atoms with Gasteiger partial charge in [-0.05, 0) is 37.0 Å². The smallest absolute Gasteiger partial charge is 0.248 e. The van der Waals surface area contributed by atoms with Crippen molar-refractivity contribution in [3.63, 3.8) is 0 Å². The van der Waals surface area contributed by atoms with E-state index in [2.05, 4.69) is 0 Å². The minimum atomic E-state index is -0.403. The molecular weight excluding hydrogens is 228 g/mol. The highest BCUT2D eigenvalue weighted by Gasteiger charge is 2.04. The van der Waals surface area contributed by atoms with E-state index in [9.17, 15) is 9.59 Å². The van der Waals surface area contributed by atoms with Gasteiger partial charge in [0.2, 0.25) is 11.8 Å². The standard InChI is InChI=1S/C14H20N2O2/c1-16(2)13(17)9-4-3-6-11-7-5-8-12(10-11)14(15)18/h5,7-8,10H,3-4,6,9H2,1-2H3,(H2,15,18). The van der Waals surface area contributed by atoms with Crippen LogP contribution in [0.1, 0.15) is 35.2 Å². The zero-order valence-electron chi connectivity index (χ0n) is 11.0. The lowest BCUT2D eigenvalue weighted by atomic mass is 10.0. The number of unbranched alkanes of at least 4 members (excludes halogenated alkanes) is 1. The van der Waals surface area contributed by atoms with Gasteiger partial charge in [-0.1, -0.05) is 12.1 Å². The Morgan fingerprint density at radius 3 is 2.56 bits per heavy atom. The summed E-state index contributed by atoms with van der Waals surface area (Å²) in [6, 6.07) is 7.33. The van der Waals surface area contributed by atoms with Crippen LogP contribution in [0, 0.1) is 0 Å². The number of nitrogens with zero attached hydrogens (tertiary/aromatic N) is 1. The average molecular weight is 248 g/mol. The lowest BCUT2D eigenvalue weighted by Gasteiger charge is -2.09. The van der Waals surface area contributed by atoms with Crippen molar-refractivity contribution in [3.8, 4) is 0 Å². The molecule has 0 fully saturated rings. The molecule has 4 heteroatoms. The monoisotopic (exact) mass is 248 g/mol. The Morgan fingerprint density at radius 1 is 1.22 bits per heavy atom. The summed E-state index contributed by atoms with van der Waals surface area (Å²) in [5.74, 6) is -0.250. The second kappa shape index (κ2) is 6.79. The van der Waals surface area contributed by atoms with Gasteiger partial charge in [0.15, 0.2) is 0 Å². The molecule has 0 saturated carbocycles. The van der Waals surface area contributed by atoms with E-state index in [1.807, 2.05) is 18.2 Å². The molecule has 1 rings (SSSR count). The van der Waals surface area contributed by atoms with E-state index >= 15 is 0 Å². The molecule has 0 aliphatic carbocycles. The predicted molar refractivity (Wildman–Crippen MR) is 71.2 cm³/mol. The number of rotatable bonds is 6. The highest BCUT2D eigenvalue weighted by Crippen LogP contribution is 2.09. The van der Waals surface area contributed by atoms with Gasteiger partial charge in [-0.3, -0.25) is 9.59 Å². The minimum Gasteiger partial charge on any atom is -0.366 e. The molecule has 0 aliphatic rings. The molecule has 0 bridgehead atoms. The van der Waals surface area contributed by atoms with Crippen molar-refractivity contribution >= 4 is 11.8 Å². The second-order valence-electron chi connectivity index (χ2n) is 4.56. The molecule has 2 amide bonds. The van der Waals surface area contributed by atoms with Crippen molar-refractivity contribution in [1.82, 2.24) is 4.90 Å². The van der Waals surface area contributed by atoms with Crippen LogP contribution >= 0.6 is 0 Å². The summed E-state index contributed by atoms with van der Waals surface area (Å²) in [5.41, 5.74) is 6.85. The van der Waals surface area contributed by atoms with Crippen molar-refractivity contribution in [2.45, 2.75) is 25.7 Å². The molecule has 18 heavy (non-hydrogen) atoms. The van der Waals surface area contributed by atoms with E-state index in [1.54, 1.807) is 25.1 Å². The maximum absolute atomic E-state index is 11.4. The molecule has 0 aromatic heterocycles. The van der Waals surface area contributed by atoms with E-state index in [-0.39, 0.29) is 5.91 Å². The number of aryl methyl sites for hydroxylation is 1. The van der Waals surface area contributed by atoms with Crippen LogP contribution in [0.3, 0.4) is 0 Å². The number of benzene rings is 1. The van der Waals surface area contributed by atoms with Gasteiger partial charge in [0.25, 0.3) is 0 Å². The number of amides is 2. The van der Waals surface area contributed by atoms with E-state index in [1.165, 1.54) is 0 Å². The highest BCUT2D eigenvalue weighted by molar-refractivity contribution is 5.92. The van der Waals surface area contributed by atoms with E-state index in [0.717, 1.165) is 24.8 Å². The number of nitrogens with two attached hydrogens (primary N) is 1. The molecule has 1 aromatic rings. The number of hydrogen-bond donors (Lipinski definition) is 1. The lowest BCUT2D eigenvalue weighted by molar-refractivity contribution is -0.128. The maximum atomic E-state index is 11.4. The van der Waals surface area contributed by atoms with Crippen LogP contribution < -0.4 is 5.73 Å². The highest BCUT2D eigenvalue weighted by atomic mass is 16.2. The minimum absolute atomic E-state index is 0.154.